The topological polar surface area (TPSA) is 71.1 Å². The maximum absolute atomic E-state index is 13.6. The van der Waals surface area contributed by atoms with Gasteiger partial charge in [-0.05, 0) is 60.6 Å². The summed E-state index contributed by atoms with van der Waals surface area (Å²) >= 11 is 0. The summed E-state index contributed by atoms with van der Waals surface area (Å²) < 4.78 is 24.6. The smallest absolute Gasteiger partial charge is 0.320 e. The zero-order chi connectivity index (χ0) is 24.4. The van der Waals surface area contributed by atoms with Crippen molar-refractivity contribution in [3.05, 3.63) is 65.5 Å². The molecule has 2 aromatic rings. The highest BCUT2D eigenvalue weighted by molar-refractivity contribution is 5.79. The van der Waals surface area contributed by atoms with Crippen LogP contribution in [0.4, 0.5) is 9.18 Å². The molecule has 3 aliphatic heterocycles. The first-order valence-corrected chi connectivity index (χ1v) is 12.4. The minimum atomic E-state index is -0.244. The number of likely N-dealkylation sites (tertiary alicyclic amines) is 2. The summed E-state index contributed by atoms with van der Waals surface area (Å²) in [6.07, 6.45) is 2.44. The summed E-state index contributed by atoms with van der Waals surface area (Å²) in [4.78, 5) is 28.8. The summed E-state index contributed by atoms with van der Waals surface area (Å²) in [6, 6.07) is 14.7. The number of ether oxygens (including phenoxy) is 2. The maximum atomic E-state index is 13.6. The van der Waals surface area contributed by atoms with E-state index < -0.39 is 0 Å². The van der Waals surface area contributed by atoms with Gasteiger partial charge in [0.15, 0.2) is 0 Å². The van der Waals surface area contributed by atoms with Crippen LogP contribution in [0, 0.1) is 11.7 Å². The average molecular weight is 482 g/mol. The van der Waals surface area contributed by atoms with Crippen LogP contribution in [0.5, 0.6) is 5.75 Å². The van der Waals surface area contributed by atoms with Crippen molar-refractivity contribution in [1.82, 2.24) is 15.1 Å². The van der Waals surface area contributed by atoms with Crippen molar-refractivity contribution in [2.24, 2.45) is 5.92 Å². The second-order valence-electron chi connectivity index (χ2n) is 9.67. The van der Waals surface area contributed by atoms with Crippen molar-refractivity contribution in [1.29, 1.82) is 0 Å². The van der Waals surface area contributed by atoms with Crippen molar-refractivity contribution in [3.63, 3.8) is 0 Å². The van der Waals surface area contributed by atoms with E-state index in [1.165, 1.54) is 12.1 Å². The first kappa shape index (κ1) is 23.6. The Hall–Kier alpha value is -3.13. The van der Waals surface area contributed by atoms with Crippen molar-refractivity contribution in [2.45, 2.75) is 37.3 Å². The van der Waals surface area contributed by atoms with Crippen molar-refractivity contribution in [3.8, 4) is 5.75 Å². The van der Waals surface area contributed by atoms with Gasteiger partial charge in [-0.2, -0.15) is 0 Å². The summed E-state index contributed by atoms with van der Waals surface area (Å²) in [5.41, 5.74) is 2.24. The molecule has 7 nitrogen and oxygen atoms in total. The van der Waals surface area contributed by atoms with Gasteiger partial charge in [-0.15, -0.1) is 0 Å². The van der Waals surface area contributed by atoms with Crippen molar-refractivity contribution in [2.75, 3.05) is 39.9 Å². The van der Waals surface area contributed by atoms with Crippen LogP contribution in [-0.4, -0.2) is 73.8 Å². The van der Waals surface area contributed by atoms with Crippen LogP contribution in [0.3, 0.4) is 0 Å². The lowest BCUT2D eigenvalue weighted by Gasteiger charge is -2.44. The predicted octanol–water partition coefficient (Wildman–Crippen LogP) is 3.39. The van der Waals surface area contributed by atoms with Crippen LogP contribution in [0.25, 0.3) is 0 Å². The van der Waals surface area contributed by atoms with E-state index in [-0.39, 0.29) is 42.4 Å². The number of carbonyl (C=O) groups is 2. The Balaban J connectivity index is 1.26. The molecular formula is C27H32FN3O4. The van der Waals surface area contributed by atoms with Gasteiger partial charge in [0.2, 0.25) is 5.91 Å². The van der Waals surface area contributed by atoms with Gasteiger partial charge in [0.25, 0.3) is 0 Å². The van der Waals surface area contributed by atoms with E-state index >= 15 is 0 Å². The molecule has 0 saturated carbocycles. The third-order valence-electron chi connectivity index (χ3n) is 7.58. The zero-order valence-corrected chi connectivity index (χ0v) is 20.0. The van der Waals surface area contributed by atoms with Gasteiger partial charge >= 0.3 is 6.03 Å². The highest BCUT2D eigenvalue weighted by atomic mass is 19.1. The lowest BCUT2D eigenvalue weighted by atomic mass is 9.76. The standard InChI is InChI=1S/C27H32FN3O4/c1-34-22-8-4-19(5-9-22)26(18-2-6-21(28)7-3-18)20-10-13-30(14-11-20)27(33)31-15-12-24-23(16-31)29-25(32)17-35-24/h2-9,20,23-24,26H,10-17H2,1H3,(H,29,32)/t23-,24+,26+/m1/s1. The Labute approximate surface area is 205 Å². The van der Waals surface area contributed by atoms with E-state index in [4.69, 9.17) is 9.47 Å². The Morgan fingerprint density at radius 2 is 1.63 bits per heavy atom. The number of piperidine rings is 2. The lowest BCUT2D eigenvalue weighted by molar-refractivity contribution is -0.139. The molecule has 0 radical (unpaired) electrons. The molecule has 0 spiro atoms. The summed E-state index contributed by atoms with van der Waals surface area (Å²) in [7, 11) is 1.65. The quantitative estimate of drug-likeness (QED) is 0.727. The van der Waals surface area contributed by atoms with E-state index in [1.807, 2.05) is 34.1 Å². The third kappa shape index (κ3) is 5.12. The zero-order valence-electron chi connectivity index (χ0n) is 20.0. The minimum Gasteiger partial charge on any atom is -0.497 e. The molecule has 5 rings (SSSR count). The normalized spacial score (nSPS) is 23.9. The predicted molar refractivity (Wildman–Crippen MR) is 129 cm³/mol. The van der Waals surface area contributed by atoms with E-state index in [2.05, 4.69) is 17.4 Å². The number of rotatable bonds is 4. The molecule has 3 atom stereocenters. The van der Waals surface area contributed by atoms with Crippen LogP contribution in [0.2, 0.25) is 0 Å². The SMILES string of the molecule is COc1ccc([C@H](c2ccc(F)cc2)C2CCN(C(=O)N3CC[C@@H]4OCC(=O)N[C@@H]4C3)CC2)cc1. The summed E-state index contributed by atoms with van der Waals surface area (Å²) in [5, 5.41) is 2.96. The fourth-order valence-corrected chi connectivity index (χ4v) is 5.72. The molecule has 0 unspecified atom stereocenters. The second-order valence-corrected chi connectivity index (χ2v) is 9.67. The number of nitrogens with one attached hydrogen (secondary N) is 1. The van der Waals surface area contributed by atoms with Gasteiger partial charge in [-0.1, -0.05) is 24.3 Å². The monoisotopic (exact) mass is 481 g/mol. The molecule has 3 heterocycles. The molecule has 0 bridgehead atoms. The number of fused-ring (bicyclic) bond motifs is 1. The average Bonchev–Trinajstić information content (AvgIpc) is 2.90. The molecule has 3 amide bonds. The number of methoxy groups -OCH3 is 1. The van der Waals surface area contributed by atoms with Crippen LogP contribution >= 0.6 is 0 Å². The van der Waals surface area contributed by atoms with Gasteiger partial charge in [0.05, 0.1) is 19.3 Å². The first-order chi connectivity index (χ1) is 17.0. The Bertz CT molecular complexity index is 1040. The fraction of sp³-hybridized carbons (Fsp3) is 0.481. The highest BCUT2D eigenvalue weighted by Gasteiger charge is 2.38. The molecule has 1 N–H and O–H groups in total. The van der Waals surface area contributed by atoms with Gasteiger partial charge in [0, 0.05) is 32.1 Å². The fourth-order valence-electron chi connectivity index (χ4n) is 5.72. The number of hydrogen-bond donors (Lipinski definition) is 1. The maximum Gasteiger partial charge on any atom is 0.320 e. The number of benzene rings is 2. The Morgan fingerprint density at radius 3 is 2.29 bits per heavy atom. The first-order valence-electron chi connectivity index (χ1n) is 12.4. The highest BCUT2D eigenvalue weighted by Crippen LogP contribution is 2.39. The van der Waals surface area contributed by atoms with Crippen LogP contribution in [-0.2, 0) is 9.53 Å². The molecule has 186 valence electrons. The molecule has 3 saturated heterocycles. The molecule has 3 fully saturated rings. The van der Waals surface area contributed by atoms with E-state index in [1.54, 1.807) is 7.11 Å². The number of nitrogens with zero attached hydrogens (tertiary/aromatic N) is 2. The Morgan fingerprint density at radius 1 is 1.00 bits per heavy atom. The summed E-state index contributed by atoms with van der Waals surface area (Å²) in [5.74, 6) is 0.881. The minimum absolute atomic E-state index is 0.0107. The molecule has 35 heavy (non-hydrogen) atoms. The van der Waals surface area contributed by atoms with E-state index in [9.17, 15) is 14.0 Å². The van der Waals surface area contributed by atoms with Crippen molar-refractivity contribution < 1.29 is 23.5 Å². The van der Waals surface area contributed by atoms with Gasteiger partial charge in [-0.25, -0.2) is 9.18 Å². The largest absolute Gasteiger partial charge is 0.497 e. The number of morpholine rings is 1. The van der Waals surface area contributed by atoms with Crippen LogP contribution in [0.15, 0.2) is 48.5 Å². The second kappa shape index (κ2) is 10.2. The molecule has 8 heteroatoms. The number of urea groups is 1. The van der Waals surface area contributed by atoms with Gasteiger partial charge < -0.3 is 24.6 Å². The third-order valence-corrected chi connectivity index (χ3v) is 7.58. The number of carbonyl (C=O) groups excluding carboxylic acids is 2. The van der Waals surface area contributed by atoms with E-state index in [0.29, 0.717) is 32.1 Å². The number of amides is 3. The molecule has 2 aromatic carbocycles. The van der Waals surface area contributed by atoms with E-state index in [0.717, 1.165) is 36.1 Å². The van der Waals surface area contributed by atoms with Gasteiger partial charge in [-0.3, -0.25) is 4.79 Å². The molecule has 0 aliphatic carbocycles. The summed E-state index contributed by atoms with van der Waals surface area (Å²) in [6.45, 7) is 2.57. The lowest BCUT2D eigenvalue weighted by Crippen LogP contribution is -2.62. The number of hydrogen-bond acceptors (Lipinski definition) is 4. The molecule has 3 aliphatic rings. The van der Waals surface area contributed by atoms with Crippen LogP contribution < -0.4 is 10.1 Å². The number of halogens is 1. The van der Waals surface area contributed by atoms with Crippen molar-refractivity contribution >= 4 is 11.9 Å². The Kier molecular flexibility index (Phi) is 6.90. The molecular weight excluding hydrogens is 449 g/mol. The van der Waals surface area contributed by atoms with Crippen LogP contribution in [0.1, 0.15) is 36.3 Å². The van der Waals surface area contributed by atoms with Gasteiger partial charge in [0.1, 0.15) is 18.2 Å². The molecule has 0 aromatic heterocycles.